The summed E-state index contributed by atoms with van der Waals surface area (Å²) in [6, 6.07) is 14.2. The number of carbonyl (C=O) groups excluding carboxylic acids is 2. The first-order chi connectivity index (χ1) is 15.0. The van der Waals surface area contributed by atoms with Crippen LogP contribution in [0.2, 0.25) is 0 Å². The molecule has 4 rings (SSSR count). The van der Waals surface area contributed by atoms with Crippen molar-refractivity contribution in [3.05, 3.63) is 69.9 Å². The van der Waals surface area contributed by atoms with Gasteiger partial charge in [0.05, 0.1) is 0 Å². The fourth-order valence-corrected chi connectivity index (χ4v) is 4.62. The van der Waals surface area contributed by atoms with Crippen molar-refractivity contribution < 1.29 is 14.0 Å². The minimum atomic E-state index is -0.176. The molecule has 31 heavy (non-hydrogen) atoms. The fourth-order valence-electron chi connectivity index (χ4n) is 4.36. The highest BCUT2D eigenvalue weighted by Gasteiger charge is 2.32. The molecule has 0 unspecified atom stereocenters. The normalized spacial score (nSPS) is 18.3. The summed E-state index contributed by atoms with van der Waals surface area (Å²) in [5.41, 5.74) is 1.38. The molecule has 0 N–H and O–H groups in total. The van der Waals surface area contributed by atoms with Crippen LogP contribution >= 0.6 is 15.9 Å². The zero-order valence-corrected chi connectivity index (χ0v) is 19.1. The van der Waals surface area contributed by atoms with Gasteiger partial charge in [-0.15, -0.1) is 0 Å². The Labute approximate surface area is 190 Å². The van der Waals surface area contributed by atoms with Crippen LogP contribution in [0, 0.1) is 11.7 Å². The predicted octanol–water partition coefficient (Wildman–Crippen LogP) is 3.78. The van der Waals surface area contributed by atoms with E-state index in [9.17, 15) is 14.0 Å². The van der Waals surface area contributed by atoms with Crippen molar-refractivity contribution in [1.29, 1.82) is 0 Å². The summed E-state index contributed by atoms with van der Waals surface area (Å²) in [7, 11) is 0. The molecule has 0 atom stereocenters. The molecule has 0 saturated carbocycles. The van der Waals surface area contributed by atoms with Gasteiger partial charge in [0, 0.05) is 67.3 Å². The van der Waals surface area contributed by atoms with Gasteiger partial charge in [-0.2, -0.15) is 0 Å². The molecule has 164 valence electrons. The summed E-state index contributed by atoms with van der Waals surface area (Å²) in [5.74, 6) is 0.0268. The third kappa shape index (κ3) is 5.33. The Balaban J connectivity index is 1.24. The molecule has 0 bridgehead atoms. The van der Waals surface area contributed by atoms with Crippen LogP contribution in [0.25, 0.3) is 0 Å². The lowest BCUT2D eigenvalue weighted by Gasteiger charge is -2.38. The topological polar surface area (TPSA) is 43.9 Å². The van der Waals surface area contributed by atoms with Gasteiger partial charge in [0.2, 0.25) is 5.91 Å². The van der Waals surface area contributed by atoms with Gasteiger partial charge in [-0.1, -0.05) is 34.1 Å². The van der Waals surface area contributed by atoms with E-state index in [1.54, 1.807) is 6.07 Å². The Morgan fingerprint density at radius 1 is 0.871 bits per heavy atom. The Hall–Kier alpha value is -2.25. The van der Waals surface area contributed by atoms with E-state index in [0.29, 0.717) is 56.7 Å². The largest absolute Gasteiger partial charge is 0.340 e. The smallest absolute Gasteiger partial charge is 0.253 e. The number of halogens is 2. The standard InChI is InChI=1S/C24H27BrFN3O2/c25-21-7-5-18(6-8-21)23(30)28-11-9-19(10-12-28)24(31)29-15-13-27(14-16-29)17-20-3-1-2-4-22(20)26/h1-8,19H,9-17H2. The van der Waals surface area contributed by atoms with Crippen molar-refractivity contribution in [2.45, 2.75) is 19.4 Å². The summed E-state index contributed by atoms with van der Waals surface area (Å²) in [6.45, 7) is 4.64. The molecule has 2 aromatic carbocycles. The van der Waals surface area contributed by atoms with E-state index in [1.807, 2.05) is 46.2 Å². The maximum atomic E-state index is 13.9. The lowest BCUT2D eigenvalue weighted by atomic mass is 9.94. The number of rotatable bonds is 4. The van der Waals surface area contributed by atoms with Gasteiger partial charge in [-0.25, -0.2) is 4.39 Å². The molecule has 2 fully saturated rings. The average Bonchev–Trinajstić information content (AvgIpc) is 2.81. The van der Waals surface area contributed by atoms with Gasteiger partial charge in [0.15, 0.2) is 0 Å². The second-order valence-electron chi connectivity index (χ2n) is 8.27. The molecule has 0 aliphatic carbocycles. The predicted molar refractivity (Wildman–Crippen MR) is 121 cm³/mol. The number of likely N-dealkylation sites (tertiary alicyclic amines) is 1. The Bertz CT molecular complexity index is 921. The van der Waals surface area contributed by atoms with Crippen molar-refractivity contribution in [3.63, 3.8) is 0 Å². The lowest BCUT2D eigenvalue weighted by Crippen LogP contribution is -2.51. The highest BCUT2D eigenvalue weighted by atomic mass is 79.9. The summed E-state index contributed by atoms with van der Waals surface area (Å²) in [4.78, 5) is 31.7. The van der Waals surface area contributed by atoms with Crippen LogP contribution in [0.1, 0.15) is 28.8 Å². The molecule has 2 aliphatic heterocycles. The number of hydrogen-bond donors (Lipinski definition) is 0. The monoisotopic (exact) mass is 487 g/mol. The van der Waals surface area contributed by atoms with Gasteiger partial charge < -0.3 is 9.80 Å². The second kappa shape index (κ2) is 9.92. The third-order valence-electron chi connectivity index (χ3n) is 6.26. The molecule has 0 aromatic heterocycles. The number of piperazine rings is 1. The molecule has 0 spiro atoms. The lowest BCUT2D eigenvalue weighted by molar-refractivity contribution is -0.138. The zero-order valence-electron chi connectivity index (χ0n) is 17.5. The van der Waals surface area contributed by atoms with Crippen LogP contribution in [-0.4, -0.2) is 65.8 Å². The van der Waals surface area contributed by atoms with Crippen molar-refractivity contribution in [2.24, 2.45) is 5.92 Å². The summed E-state index contributed by atoms with van der Waals surface area (Å²) < 4.78 is 14.8. The first-order valence-electron chi connectivity index (χ1n) is 10.8. The first-order valence-corrected chi connectivity index (χ1v) is 11.6. The summed E-state index contributed by atoms with van der Waals surface area (Å²) >= 11 is 3.39. The molecule has 2 aliphatic rings. The van der Waals surface area contributed by atoms with Gasteiger partial charge in [0.1, 0.15) is 5.82 Å². The molecule has 5 nitrogen and oxygen atoms in total. The van der Waals surface area contributed by atoms with E-state index < -0.39 is 0 Å². The first kappa shape index (κ1) is 22.0. The minimum absolute atomic E-state index is 0.0212. The van der Waals surface area contributed by atoms with Crippen LogP contribution < -0.4 is 0 Å². The van der Waals surface area contributed by atoms with Crippen LogP contribution in [0.5, 0.6) is 0 Å². The third-order valence-corrected chi connectivity index (χ3v) is 6.79. The number of benzene rings is 2. The molecule has 2 saturated heterocycles. The van der Waals surface area contributed by atoms with Crippen LogP contribution in [0.15, 0.2) is 53.0 Å². The SMILES string of the molecule is O=C(c1ccc(Br)cc1)N1CCC(C(=O)N2CCN(Cc3ccccc3F)CC2)CC1. The van der Waals surface area contributed by atoms with Gasteiger partial charge in [-0.05, 0) is 43.2 Å². The second-order valence-corrected chi connectivity index (χ2v) is 9.18. The summed E-state index contributed by atoms with van der Waals surface area (Å²) in [6.07, 6.45) is 1.41. The molecule has 2 aromatic rings. The highest BCUT2D eigenvalue weighted by Crippen LogP contribution is 2.23. The maximum Gasteiger partial charge on any atom is 0.253 e. The number of amides is 2. The maximum absolute atomic E-state index is 13.9. The van der Waals surface area contributed by atoms with Crippen LogP contribution in [0.3, 0.4) is 0 Å². The molecular weight excluding hydrogens is 461 g/mol. The van der Waals surface area contributed by atoms with Crippen molar-refractivity contribution in [1.82, 2.24) is 14.7 Å². The number of hydrogen-bond acceptors (Lipinski definition) is 3. The van der Waals surface area contributed by atoms with Gasteiger partial charge >= 0.3 is 0 Å². The Morgan fingerprint density at radius 2 is 1.52 bits per heavy atom. The number of nitrogens with zero attached hydrogens (tertiary/aromatic N) is 3. The average molecular weight is 488 g/mol. The molecule has 0 radical (unpaired) electrons. The zero-order chi connectivity index (χ0) is 21.8. The molecule has 2 heterocycles. The van der Waals surface area contributed by atoms with Crippen molar-refractivity contribution in [3.8, 4) is 0 Å². The van der Waals surface area contributed by atoms with Gasteiger partial charge in [-0.3, -0.25) is 14.5 Å². The molecular formula is C24H27BrFN3O2. The van der Waals surface area contributed by atoms with Gasteiger partial charge in [0.25, 0.3) is 5.91 Å². The van der Waals surface area contributed by atoms with Crippen LogP contribution in [0.4, 0.5) is 4.39 Å². The van der Waals surface area contributed by atoms with E-state index in [-0.39, 0.29) is 23.5 Å². The van der Waals surface area contributed by atoms with E-state index in [1.165, 1.54) is 6.07 Å². The van der Waals surface area contributed by atoms with Crippen molar-refractivity contribution >= 4 is 27.7 Å². The van der Waals surface area contributed by atoms with Crippen molar-refractivity contribution in [2.75, 3.05) is 39.3 Å². The molecule has 7 heteroatoms. The highest BCUT2D eigenvalue weighted by molar-refractivity contribution is 9.10. The quantitative estimate of drug-likeness (QED) is 0.658. The van der Waals surface area contributed by atoms with Crippen LogP contribution in [-0.2, 0) is 11.3 Å². The van der Waals surface area contributed by atoms with E-state index >= 15 is 0 Å². The Kier molecular flexibility index (Phi) is 7.02. The Morgan fingerprint density at radius 3 is 2.16 bits per heavy atom. The summed E-state index contributed by atoms with van der Waals surface area (Å²) in [5, 5.41) is 0. The fraction of sp³-hybridized carbons (Fsp3) is 0.417. The number of carbonyl (C=O) groups is 2. The minimum Gasteiger partial charge on any atom is -0.340 e. The van der Waals surface area contributed by atoms with E-state index in [0.717, 1.165) is 17.6 Å². The number of piperidine rings is 1. The van der Waals surface area contributed by atoms with E-state index in [4.69, 9.17) is 0 Å². The van der Waals surface area contributed by atoms with E-state index in [2.05, 4.69) is 20.8 Å². The molecule has 2 amide bonds.